The van der Waals surface area contributed by atoms with Gasteiger partial charge in [0.1, 0.15) is 16.8 Å². The molecule has 1 atom stereocenters. The van der Waals surface area contributed by atoms with Gasteiger partial charge in [-0.15, -0.1) is 10.2 Å². The van der Waals surface area contributed by atoms with Crippen LogP contribution < -0.4 is 5.73 Å². The summed E-state index contributed by atoms with van der Waals surface area (Å²) >= 11 is 1.38. The van der Waals surface area contributed by atoms with Gasteiger partial charge in [-0.25, -0.2) is 0 Å². The first kappa shape index (κ1) is 21.2. The van der Waals surface area contributed by atoms with Crippen molar-refractivity contribution < 1.29 is 14.0 Å². The van der Waals surface area contributed by atoms with E-state index in [0.29, 0.717) is 23.9 Å². The van der Waals surface area contributed by atoms with Crippen LogP contribution in [-0.4, -0.2) is 44.6 Å². The van der Waals surface area contributed by atoms with Crippen molar-refractivity contribution in [2.75, 3.05) is 13.1 Å². The lowest BCUT2D eigenvalue weighted by molar-refractivity contribution is -0.129. The highest BCUT2D eigenvalue weighted by atomic mass is 32.2. The van der Waals surface area contributed by atoms with Crippen LogP contribution in [0.15, 0.2) is 58.3 Å². The van der Waals surface area contributed by atoms with Gasteiger partial charge in [-0.05, 0) is 30.5 Å². The predicted octanol–water partition coefficient (Wildman–Crippen LogP) is 2.79. The average molecular weight is 440 g/mol. The van der Waals surface area contributed by atoms with Crippen LogP contribution in [0.5, 0.6) is 0 Å². The third-order valence-electron chi connectivity index (χ3n) is 5.25. The summed E-state index contributed by atoms with van der Waals surface area (Å²) in [5.74, 6) is 1.07. The Morgan fingerprint density at radius 2 is 1.87 bits per heavy atom. The van der Waals surface area contributed by atoms with Gasteiger partial charge in [0, 0.05) is 25.9 Å². The monoisotopic (exact) mass is 439 g/mol. The molecular weight excluding hydrogens is 414 g/mol. The number of carbonyl (C=O) groups is 2. The van der Waals surface area contributed by atoms with Crippen LogP contribution in [0.4, 0.5) is 0 Å². The van der Waals surface area contributed by atoms with E-state index >= 15 is 0 Å². The Kier molecular flexibility index (Phi) is 6.71. The summed E-state index contributed by atoms with van der Waals surface area (Å²) in [6.07, 6.45) is 4.22. The highest BCUT2D eigenvalue weighted by molar-refractivity contribution is 8.00. The number of rotatable bonds is 9. The largest absolute Gasteiger partial charge is 0.467 e. The molecule has 1 unspecified atom stereocenters. The number of thioether (sulfide) groups is 1. The second kappa shape index (κ2) is 9.82. The predicted molar refractivity (Wildman–Crippen MR) is 116 cm³/mol. The van der Waals surface area contributed by atoms with E-state index in [2.05, 4.69) is 10.2 Å². The first-order valence-electron chi connectivity index (χ1n) is 10.3. The highest BCUT2D eigenvalue weighted by Crippen LogP contribution is 2.37. The fourth-order valence-corrected chi connectivity index (χ4v) is 4.78. The lowest BCUT2D eigenvalue weighted by Gasteiger charge is -2.23. The highest BCUT2D eigenvalue weighted by Gasteiger charge is 2.31. The van der Waals surface area contributed by atoms with E-state index in [9.17, 15) is 9.59 Å². The quantitative estimate of drug-likeness (QED) is 0.514. The maximum absolute atomic E-state index is 13.4. The van der Waals surface area contributed by atoms with Crippen molar-refractivity contribution >= 4 is 23.6 Å². The number of primary amides is 1. The van der Waals surface area contributed by atoms with Crippen LogP contribution in [-0.2, 0) is 22.6 Å². The number of nitrogens with two attached hydrogens (primary N) is 1. The average Bonchev–Trinajstić information content (AvgIpc) is 3.54. The fraction of sp³-hybridized carbons (Fsp3) is 0.364. The molecule has 2 amide bonds. The Hall–Kier alpha value is -3.07. The maximum atomic E-state index is 13.4. The molecule has 0 aliphatic carbocycles. The molecule has 1 saturated heterocycles. The first-order chi connectivity index (χ1) is 15.1. The number of hydrogen-bond donors (Lipinski definition) is 1. The molecule has 2 N–H and O–H groups in total. The molecule has 1 fully saturated rings. The molecule has 9 heteroatoms. The van der Waals surface area contributed by atoms with Crippen molar-refractivity contribution in [3.8, 4) is 0 Å². The van der Waals surface area contributed by atoms with Crippen LogP contribution >= 0.6 is 11.8 Å². The van der Waals surface area contributed by atoms with Gasteiger partial charge in [0.05, 0.1) is 12.8 Å². The van der Waals surface area contributed by atoms with Crippen molar-refractivity contribution in [2.45, 2.75) is 42.6 Å². The van der Waals surface area contributed by atoms with Crippen molar-refractivity contribution in [3.63, 3.8) is 0 Å². The molecule has 0 bridgehead atoms. The summed E-state index contributed by atoms with van der Waals surface area (Å²) < 4.78 is 7.41. The number of benzene rings is 1. The molecule has 162 valence electrons. The van der Waals surface area contributed by atoms with E-state index in [1.807, 2.05) is 51.9 Å². The molecule has 4 rings (SSSR count). The Labute approximate surface area is 184 Å². The Balaban J connectivity index is 1.65. The minimum atomic E-state index is -0.428. The zero-order valence-corrected chi connectivity index (χ0v) is 18.0. The second-order valence-electron chi connectivity index (χ2n) is 7.47. The van der Waals surface area contributed by atoms with Crippen LogP contribution in [0.25, 0.3) is 0 Å². The normalized spacial score (nSPS) is 14.6. The summed E-state index contributed by atoms with van der Waals surface area (Å²) in [5.41, 5.74) is 6.26. The van der Waals surface area contributed by atoms with Crippen LogP contribution in [0.3, 0.4) is 0 Å². The summed E-state index contributed by atoms with van der Waals surface area (Å²) in [7, 11) is 0. The van der Waals surface area contributed by atoms with E-state index in [1.54, 1.807) is 6.26 Å². The second-order valence-corrected chi connectivity index (χ2v) is 8.54. The molecular formula is C22H25N5O3S. The molecule has 1 aliphatic heterocycles. The van der Waals surface area contributed by atoms with Gasteiger partial charge in [0.15, 0.2) is 5.16 Å². The Morgan fingerprint density at radius 1 is 1.10 bits per heavy atom. The van der Waals surface area contributed by atoms with Gasteiger partial charge < -0.3 is 15.1 Å². The van der Waals surface area contributed by atoms with Gasteiger partial charge in [-0.2, -0.15) is 0 Å². The molecule has 3 heterocycles. The maximum Gasteiger partial charge on any atom is 0.240 e. The third kappa shape index (κ3) is 5.16. The molecule has 3 aromatic rings. The number of carbonyl (C=O) groups excluding carboxylic acids is 2. The standard InChI is InChI=1S/C22H25N5O3S/c23-18(28)10-11-19-24-25-22(27(19)15-17-9-6-14-30-17)31-20(16-7-2-1-3-8-16)21(29)26-12-4-5-13-26/h1-3,6-9,14,20H,4-5,10-13,15H2,(H2,23,28). The topological polar surface area (TPSA) is 107 Å². The number of likely N-dealkylation sites (tertiary alicyclic amines) is 1. The van der Waals surface area contributed by atoms with Gasteiger partial charge in [-0.3, -0.25) is 14.2 Å². The molecule has 0 saturated carbocycles. The SMILES string of the molecule is NC(=O)CCc1nnc(SC(C(=O)N2CCCC2)c2ccccc2)n1Cc1ccco1. The van der Waals surface area contributed by atoms with E-state index in [0.717, 1.165) is 37.3 Å². The number of aryl methyl sites for hydroxylation is 1. The number of amides is 2. The van der Waals surface area contributed by atoms with Gasteiger partial charge in [-0.1, -0.05) is 42.1 Å². The van der Waals surface area contributed by atoms with E-state index in [1.165, 1.54) is 11.8 Å². The number of furan rings is 1. The molecule has 0 spiro atoms. The number of aromatic nitrogens is 3. The van der Waals surface area contributed by atoms with Crippen LogP contribution in [0, 0.1) is 0 Å². The first-order valence-corrected chi connectivity index (χ1v) is 11.2. The number of nitrogens with zero attached hydrogens (tertiary/aromatic N) is 4. The van der Waals surface area contributed by atoms with Gasteiger partial charge >= 0.3 is 0 Å². The van der Waals surface area contributed by atoms with Crippen molar-refractivity contribution in [2.24, 2.45) is 5.73 Å². The molecule has 2 aromatic heterocycles. The molecule has 1 aliphatic rings. The van der Waals surface area contributed by atoms with E-state index in [-0.39, 0.29) is 12.3 Å². The molecule has 8 nitrogen and oxygen atoms in total. The third-order valence-corrected chi connectivity index (χ3v) is 6.47. The van der Waals surface area contributed by atoms with Crippen molar-refractivity contribution in [1.29, 1.82) is 0 Å². The van der Waals surface area contributed by atoms with Gasteiger partial charge in [0.25, 0.3) is 0 Å². The molecule has 0 radical (unpaired) electrons. The van der Waals surface area contributed by atoms with E-state index in [4.69, 9.17) is 10.2 Å². The minimum absolute atomic E-state index is 0.0833. The summed E-state index contributed by atoms with van der Waals surface area (Å²) in [6, 6.07) is 13.4. The van der Waals surface area contributed by atoms with Crippen molar-refractivity contribution in [1.82, 2.24) is 19.7 Å². The smallest absolute Gasteiger partial charge is 0.240 e. The van der Waals surface area contributed by atoms with E-state index < -0.39 is 11.2 Å². The Bertz CT molecular complexity index is 1010. The summed E-state index contributed by atoms with van der Waals surface area (Å²) in [6.45, 7) is 1.98. The fourth-order valence-electron chi connectivity index (χ4n) is 3.64. The number of hydrogen-bond acceptors (Lipinski definition) is 6. The Morgan fingerprint density at radius 3 is 2.55 bits per heavy atom. The minimum Gasteiger partial charge on any atom is -0.467 e. The lowest BCUT2D eigenvalue weighted by atomic mass is 10.1. The summed E-state index contributed by atoms with van der Waals surface area (Å²) in [5, 5.41) is 8.83. The lowest BCUT2D eigenvalue weighted by Crippen LogP contribution is -2.31. The zero-order valence-electron chi connectivity index (χ0n) is 17.1. The van der Waals surface area contributed by atoms with Crippen LogP contribution in [0.1, 0.15) is 41.7 Å². The zero-order chi connectivity index (χ0) is 21.6. The molecule has 31 heavy (non-hydrogen) atoms. The van der Waals surface area contributed by atoms with Crippen LogP contribution in [0.2, 0.25) is 0 Å². The molecule has 1 aromatic carbocycles. The van der Waals surface area contributed by atoms with Gasteiger partial charge in [0.2, 0.25) is 11.8 Å². The van der Waals surface area contributed by atoms with Crippen molar-refractivity contribution in [3.05, 3.63) is 65.9 Å². The summed E-state index contributed by atoms with van der Waals surface area (Å²) in [4.78, 5) is 26.6.